The lowest BCUT2D eigenvalue weighted by molar-refractivity contribution is -0.143. The summed E-state index contributed by atoms with van der Waals surface area (Å²) >= 11 is 0. The van der Waals surface area contributed by atoms with Crippen LogP contribution in [0, 0.1) is 22.7 Å². The third-order valence-electron chi connectivity index (χ3n) is 2.10. The molecule has 24 heavy (non-hydrogen) atoms. The molecule has 0 heterocycles. The van der Waals surface area contributed by atoms with E-state index < -0.39 is 52.4 Å². The van der Waals surface area contributed by atoms with Crippen molar-refractivity contribution < 1.29 is 50.9 Å². The van der Waals surface area contributed by atoms with Crippen molar-refractivity contribution in [2.24, 2.45) is 0 Å². The summed E-state index contributed by atoms with van der Waals surface area (Å²) in [6, 6.07) is 0.927. The van der Waals surface area contributed by atoms with Crippen molar-refractivity contribution >= 4 is 17.3 Å². The first-order valence-corrected chi connectivity index (χ1v) is 5.14. The molecule has 13 heteroatoms. The number of Topliss-reactive ketones (excluding diaryl/α,β-unsaturated/α-hetero) is 3. The second-order valence-corrected chi connectivity index (χ2v) is 3.65. The zero-order chi connectivity index (χ0) is 19.5. The quantitative estimate of drug-likeness (QED) is 0.194. The predicted molar refractivity (Wildman–Crippen MR) is 57.7 cm³/mol. The molecule has 2 N–H and O–H groups in total. The van der Waals surface area contributed by atoms with E-state index in [9.17, 15) is 40.7 Å². The van der Waals surface area contributed by atoms with Crippen molar-refractivity contribution in [1.29, 1.82) is 10.5 Å². The topological polar surface area (TPSA) is 139 Å². The van der Waals surface area contributed by atoms with Crippen LogP contribution in [0.4, 0.5) is 26.3 Å². The zero-order valence-electron chi connectivity index (χ0n) is 10.8. The van der Waals surface area contributed by atoms with Crippen molar-refractivity contribution in [2.45, 2.75) is 12.4 Å². The van der Waals surface area contributed by atoms with Gasteiger partial charge in [0, 0.05) is 0 Å². The average Bonchev–Trinajstić information content (AvgIpc) is 2.45. The maximum atomic E-state index is 12.2. The van der Waals surface area contributed by atoms with Gasteiger partial charge in [0.25, 0.3) is 17.3 Å². The number of allylic oxidation sites excluding steroid dienone is 4. The average molecular weight is 356 g/mol. The number of nitriles is 2. The Hall–Kier alpha value is -3.35. The minimum Gasteiger partial charge on any atom is -0.503 e. The number of carbonyl (C=O) groups is 3. The maximum absolute atomic E-state index is 12.2. The molecule has 0 aromatic heterocycles. The van der Waals surface area contributed by atoms with E-state index in [1.807, 2.05) is 0 Å². The Labute approximate surface area is 127 Å². The lowest BCUT2D eigenvalue weighted by atomic mass is 9.99. The van der Waals surface area contributed by atoms with Crippen LogP contribution in [0.15, 0.2) is 22.7 Å². The molecule has 0 amide bonds. The molecule has 0 aromatic carbocycles. The molecule has 0 unspecified atom stereocenters. The maximum Gasteiger partial charge on any atom is 0.450 e. The Kier molecular flexibility index (Phi) is 5.87. The second kappa shape index (κ2) is 6.82. The van der Waals surface area contributed by atoms with E-state index in [1.165, 1.54) is 0 Å². The standard InChI is InChI=1S/C11H2F6N2O5/c12-10(13,14)8(23)3(1-18)5(20)7(22)6(21)4(2-19)9(24)11(15,16)17/h23-24H/b8-3-,9-4-. The minimum absolute atomic E-state index is 0.464. The van der Waals surface area contributed by atoms with Crippen LogP contribution in [0.3, 0.4) is 0 Å². The van der Waals surface area contributed by atoms with Crippen molar-refractivity contribution in [3.8, 4) is 12.1 Å². The fraction of sp³-hybridized carbons (Fsp3) is 0.182. The first kappa shape index (κ1) is 20.7. The molecule has 7 nitrogen and oxygen atoms in total. The molecule has 0 saturated carbocycles. The molecule has 128 valence electrons. The van der Waals surface area contributed by atoms with E-state index in [0.29, 0.717) is 12.1 Å². The first-order valence-electron chi connectivity index (χ1n) is 5.14. The van der Waals surface area contributed by atoms with Crippen LogP contribution in [0.25, 0.3) is 0 Å². The van der Waals surface area contributed by atoms with Crippen LogP contribution in [0.2, 0.25) is 0 Å². The van der Waals surface area contributed by atoms with Crippen molar-refractivity contribution in [2.75, 3.05) is 0 Å². The van der Waals surface area contributed by atoms with Gasteiger partial charge >= 0.3 is 12.4 Å². The molecule has 0 atom stereocenters. The molecular formula is C11H2F6N2O5. The van der Waals surface area contributed by atoms with E-state index in [-0.39, 0.29) is 0 Å². The van der Waals surface area contributed by atoms with E-state index in [1.54, 1.807) is 0 Å². The third kappa shape index (κ3) is 4.33. The molecule has 0 bridgehead atoms. The number of rotatable bonds is 4. The smallest absolute Gasteiger partial charge is 0.450 e. The highest BCUT2D eigenvalue weighted by Crippen LogP contribution is 2.28. The van der Waals surface area contributed by atoms with Gasteiger partial charge in [-0.05, 0) is 0 Å². The second-order valence-electron chi connectivity index (χ2n) is 3.65. The Bertz CT molecular complexity index is 683. The highest BCUT2D eigenvalue weighted by atomic mass is 19.4. The van der Waals surface area contributed by atoms with Gasteiger partial charge in [0.2, 0.25) is 11.5 Å². The van der Waals surface area contributed by atoms with E-state index in [0.717, 1.165) is 0 Å². The summed E-state index contributed by atoms with van der Waals surface area (Å²) in [5.41, 5.74) is -4.55. The van der Waals surface area contributed by atoms with Gasteiger partial charge in [-0.15, -0.1) is 0 Å². The van der Waals surface area contributed by atoms with Gasteiger partial charge in [-0.25, -0.2) is 0 Å². The summed E-state index contributed by atoms with van der Waals surface area (Å²) in [6.45, 7) is 0. The summed E-state index contributed by atoms with van der Waals surface area (Å²) in [7, 11) is 0. The lowest BCUT2D eigenvalue weighted by Gasteiger charge is -2.08. The van der Waals surface area contributed by atoms with Gasteiger partial charge in [0.05, 0.1) is 0 Å². The number of hydrogen-bond acceptors (Lipinski definition) is 7. The molecular weight excluding hydrogens is 354 g/mol. The molecule has 0 aliphatic rings. The van der Waals surface area contributed by atoms with Gasteiger partial charge in [-0.1, -0.05) is 0 Å². The highest BCUT2D eigenvalue weighted by Gasteiger charge is 2.44. The number of aliphatic hydroxyl groups is 2. The van der Waals surface area contributed by atoms with Crippen molar-refractivity contribution in [1.82, 2.24) is 0 Å². The summed E-state index contributed by atoms with van der Waals surface area (Å²) < 4.78 is 73.0. The van der Waals surface area contributed by atoms with Crippen LogP contribution < -0.4 is 0 Å². The minimum atomic E-state index is -5.67. The number of halogens is 6. The summed E-state index contributed by atoms with van der Waals surface area (Å²) in [4.78, 5) is 33.9. The number of alkyl halides is 6. The Balaban J connectivity index is 6.08. The van der Waals surface area contributed by atoms with Crippen molar-refractivity contribution in [3.05, 3.63) is 22.7 Å². The van der Waals surface area contributed by atoms with Crippen LogP contribution >= 0.6 is 0 Å². The van der Waals surface area contributed by atoms with Crippen molar-refractivity contribution in [3.63, 3.8) is 0 Å². The predicted octanol–water partition coefficient (Wildman–Crippen LogP) is 1.49. The van der Waals surface area contributed by atoms with E-state index >= 15 is 0 Å². The van der Waals surface area contributed by atoms with Crippen LogP contribution in [-0.2, 0) is 14.4 Å². The normalized spacial score (nSPS) is 13.8. The van der Waals surface area contributed by atoms with Crippen LogP contribution in [0.5, 0.6) is 0 Å². The first-order chi connectivity index (χ1) is 10.7. The Morgan fingerprint density at radius 1 is 0.667 bits per heavy atom. The summed E-state index contributed by atoms with van der Waals surface area (Å²) in [5, 5.41) is 33.9. The van der Waals surface area contributed by atoms with Gasteiger partial charge in [-0.2, -0.15) is 36.9 Å². The van der Waals surface area contributed by atoms with E-state index in [4.69, 9.17) is 20.7 Å². The number of nitrogens with zero attached hydrogens (tertiary/aromatic N) is 2. The van der Waals surface area contributed by atoms with Gasteiger partial charge in [0.1, 0.15) is 12.1 Å². The fourth-order valence-electron chi connectivity index (χ4n) is 1.04. The molecule has 0 aromatic rings. The number of carbonyl (C=O) groups excluding carboxylic acids is 3. The summed E-state index contributed by atoms with van der Waals surface area (Å²) in [6.07, 6.45) is -11.3. The molecule has 0 saturated heterocycles. The monoisotopic (exact) mass is 356 g/mol. The largest absolute Gasteiger partial charge is 0.503 e. The number of hydrogen-bond donors (Lipinski definition) is 2. The third-order valence-corrected chi connectivity index (χ3v) is 2.10. The zero-order valence-corrected chi connectivity index (χ0v) is 10.8. The fourth-order valence-corrected chi connectivity index (χ4v) is 1.04. The Morgan fingerprint density at radius 2 is 0.917 bits per heavy atom. The Morgan fingerprint density at radius 3 is 1.08 bits per heavy atom. The highest BCUT2D eigenvalue weighted by molar-refractivity contribution is 6.70. The lowest BCUT2D eigenvalue weighted by Crippen LogP contribution is -2.30. The molecule has 0 spiro atoms. The van der Waals surface area contributed by atoms with Crippen LogP contribution in [-0.4, -0.2) is 39.9 Å². The van der Waals surface area contributed by atoms with Gasteiger partial charge < -0.3 is 10.2 Å². The molecule has 0 aliphatic carbocycles. The molecule has 0 aliphatic heterocycles. The molecule has 0 radical (unpaired) electrons. The molecule has 0 fully saturated rings. The van der Waals surface area contributed by atoms with Gasteiger partial charge in [0.15, 0.2) is 11.1 Å². The molecule has 0 rings (SSSR count). The number of aliphatic hydroxyl groups excluding tert-OH is 2. The van der Waals surface area contributed by atoms with Crippen LogP contribution in [0.1, 0.15) is 0 Å². The van der Waals surface area contributed by atoms with Gasteiger partial charge in [-0.3, -0.25) is 14.4 Å². The SMILES string of the molecule is N#C/C(C(=O)C(=O)C(=O)/C(C#N)=C(\O)C(F)(F)F)=C(/O)C(F)(F)F. The number of ketones is 3. The summed E-state index contributed by atoms with van der Waals surface area (Å²) in [5.74, 6) is -13.6. The van der Waals surface area contributed by atoms with E-state index in [2.05, 4.69) is 0 Å².